The van der Waals surface area contributed by atoms with E-state index in [1.807, 2.05) is 6.07 Å². The van der Waals surface area contributed by atoms with Crippen molar-refractivity contribution in [2.24, 2.45) is 5.41 Å². The molecule has 1 aliphatic carbocycles. The summed E-state index contributed by atoms with van der Waals surface area (Å²) in [6, 6.07) is 7.51. The highest BCUT2D eigenvalue weighted by Crippen LogP contribution is 2.49. The Morgan fingerprint density at radius 1 is 1.21 bits per heavy atom. The SMILES string of the molecule is C#Cc1c(N2CCC3(CCC3)CC2)c2cc(C#N)ccc2[nH]c1=O. The van der Waals surface area contributed by atoms with Gasteiger partial charge in [-0.15, -0.1) is 6.42 Å². The Labute approximate surface area is 141 Å². The summed E-state index contributed by atoms with van der Waals surface area (Å²) in [5, 5.41) is 10.1. The van der Waals surface area contributed by atoms with Gasteiger partial charge in [0.1, 0.15) is 5.56 Å². The molecule has 0 atom stereocenters. The van der Waals surface area contributed by atoms with Crippen LogP contribution in [0.1, 0.15) is 43.2 Å². The predicted molar refractivity (Wildman–Crippen MR) is 94.9 cm³/mol. The van der Waals surface area contributed by atoms with E-state index in [1.54, 1.807) is 12.1 Å². The summed E-state index contributed by atoms with van der Waals surface area (Å²) < 4.78 is 0. The van der Waals surface area contributed by atoms with Crippen molar-refractivity contribution in [2.75, 3.05) is 18.0 Å². The van der Waals surface area contributed by atoms with Crippen LogP contribution in [0.2, 0.25) is 0 Å². The fourth-order valence-electron chi connectivity index (χ4n) is 4.19. The Balaban J connectivity index is 1.85. The zero-order valence-corrected chi connectivity index (χ0v) is 13.6. The number of anilines is 1. The minimum Gasteiger partial charge on any atom is -0.370 e. The first-order chi connectivity index (χ1) is 11.7. The third kappa shape index (κ3) is 2.19. The molecule has 0 unspecified atom stereocenters. The van der Waals surface area contributed by atoms with E-state index < -0.39 is 0 Å². The van der Waals surface area contributed by atoms with Gasteiger partial charge in [0.2, 0.25) is 0 Å². The maximum absolute atomic E-state index is 12.4. The number of nitriles is 1. The minimum atomic E-state index is -0.228. The van der Waals surface area contributed by atoms with Crippen molar-refractivity contribution >= 4 is 16.6 Å². The number of fused-ring (bicyclic) bond motifs is 1. The van der Waals surface area contributed by atoms with Gasteiger partial charge >= 0.3 is 0 Å². The van der Waals surface area contributed by atoms with E-state index >= 15 is 0 Å². The third-order valence-corrected chi connectivity index (χ3v) is 5.81. The fraction of sp³-hybridized carbons (Fsp3) is 0.400. The summed E-state index contributed by atoms with van der Waals surface area (Å²) in [5.41, 5.74) is 2.81. The molecule has 0 radical (unpaired) electrons. The van der Waals surface area contributed by atoms with Crippen LogP contribution in [0, 0.1) is 29.1 Å². The molecule has 1 saturated heterocycles. The lowest BCUT2D eigenvalue weighted by Crippen LogP contribution is -2.44. The van der Waals surface area contributed by atoms with Crippen molar-refractivity contribution in [1.82, 2.24) is 4.98 Å². The second-order valence-electron chi connectivity index (χ2n) is 7.03. The molecule has 2 heterocycles. The average molecular weight is 317 g/mol. The van der Waals surface area contributed by atoms with Gasteiger partial charge in [-0.3, -0.25) is 4.79 Å². The number of H-pyrrole nitrogens is 1. The van der Waals surface area contributed by atoms with Gasteiger partial charge in [-0.05, 0) is 49.3 Å². The molecular weight excluding hydrogens is 298 g/mol. The summed E-state index contributed by atoms with van der Waals surface area (Å²) in [6.45, 7) is 1.84. The second-order valence-corrected chi connectivity index (χ2v) is 7.03. The van der Waals surface area contributed by atoms with E-state index in [1.165, 1.54) is 19.3 Å². The van der Waals surface area contributed by atoms with E-state index in [2.05, 4.69) is 21.9 Å². The molecule has 1 N–H and O–H groups in total. The number of terminal acetylenes is 1. The lowest BCUT2D eigenvalue weighted by molar-refractivity contribution is 0.0956. The van der Waals surface area contributed by atoms with Crippen LogP contribution in [-0.4, -0.2) is 18.1 Å². The lowest BCUT2D eigenvalue weighted by atomic mass is 9.63. The van der Waals surface area contributed by atoms with Crippen molar-refractivity contribution in [2.45, 2.75) is 32.1 Å². The molecule has 0 amide bonds. The quantitative estimate of drug-likeness (QED) is 0.822. The largest absolute Gasteiger partial charge is 0.370 e. The lowest BCUT2D eigenvalue weighted by Gasteiger charge is -2.48. The van der Waals surface area contributed by atoms with Gasteiger partial charge in [0.15, 0.2) is 0 Å². The summed E-state index contributed by atoms with van der Waals surface area (Å²) in [4.78, 5) is 17.5. The number of piperidine rings is 1. The van der Waals surface area contributed by atoms with Gasteiger partial charge in [-0.2, -0.15) is 5.26 Å². The minimum absolute atomic E-state index is 0.228. The zero-order valence-electron chi connectivity index (χ0n) is 13.6. The molecule has 4 rings (SSSR count). The first kappa shape index (κ1) is 14.8. The summed E-state index contributed by atoms with van der Waals surface area (Å²) >= 11 is 0. The molecule has 1 saturated carbocycles. The van der Waals surface area contributed by atoms with Gasteiger partial charge in [0.05, 0.1) is 22.8 Å². The number of aromatic nitrogens is 1. The highest BCUT2D eigenvalue weighted by atomic mass is 16.1. The molecule has 24 heavy (non-hydrogen) atoms. The Bertz CT molecular complexity index is 944. The van der Waals surface area contributed by atoms with Gasteiger partial charge in [0, 0.05) is 18.5 Å². The predicted octanol–water partition coefficient (Wildman–Crippen LogP) is 3.15. The van der Waals surface area contributed by atoms with E-state index in [0.717, 1.165) is 42.5 Å². The van der Waals surface area contributed by atoms with Crippen LogP contribution >= 0.6 is 0 Å². The standard InChI is InChI=1S/C20H19N3O/c1-2-15-18(23-10-8-20(9-11-23)6-3-7-20)16-12-14(13-21)4-5-17(16)22-19(15)24/h1,4-5,12H,3,6-11H2,(H,22,24). The molecule has 2 aromatic rings. The molecule has 2 aliphatic rings. The first-order valence-electron chi connectivity index (χ1n) is 8.47. The van der Waals surface area contributed by atoms with Crippen LogP contribution in [0.4, 0.5) is 5.69 Å². The van der Waals surface area contributed by atoms with Crippen LogP contribution in [0.15, 0.2) is 23.0 Å². The summed E-state index contributed by atoms with van der Waals surface area (Å²) in [5.74, 6) is 2.57. The third-order valence-electron chi connectivity index (χ3n) is 5.81. The number of pyridine rings is 1. The molecule has 4 nitrogen and oxygen atoms in total. The van der Waals surface area contributed by atoms with E-state index in [4.69, 9.17) is 6.42 Å². The molecule has 2 fully saturated rings. The van der Waals surface area contributed by atoms with Gasteiger partial charge in [0.25, 0.3) is 5.56 Å². The van der Waals surface area contributed by atoms with Crippen LogP contribution in [0.25, 0.3) is 10.9 Å². The molecule has 1 aliphatic heterocycles. The molecular formula is C20H19N3O. The summed E-state index contributed by atoms with van der Waals surface area (Å²) in [7, 11) is 0. The average Bonchev–Trinajstić information content (AvgIpc) is 2.59. The highest BCUT2D eigenvalue weighted by Gasteiger charge is 2.40. The van der Waals surface area contributed by atoms with Crippen LogP contribution in [0.5, 0.6) is 0 Å². The number of aromatic amines is 1. The highest BCUT2D eigenvalue weighted by molar-refractivity contribution is 5.95. The van der Waals surface area contributed by atoms with Crippen molar-refractivity contribution in [3.05, 3.63) is 39.7 Å². The molecule has 0 bridgehead atoms. The Kier molecular flexibility index (Phi) is 3.36. The van der Waals surface area contributed by atoms with Crippen molar-refractivity contribution < 1.29 is 0 Å². The number of rotatable bonds is 1. The van der Waals surface area contributed by atoms with Crippen LogP contribution in [0.3, 0.4) is 0 Å². The number of nitrogens with one attached hydrogen (secondary N) is 1. The van der Waals surface area contributed by atoms with E-state index in [-0.39, 0.29) is 5.56 Å². The monoisotopic (exact) mass is 317 g/mol. The maximum Gasteiger partial charge on any atom is 0.266 e. The second kappa shape index (κ2) is 5.42. The fourth-order valence-corrected chi connectivity index (χ4v) is 4.19. The normalized spacial score (nSPS) is 18.8. The van der Waals surface area contributed by atoms with E-state index in [0.29, 0.717) is 16.5 Å². The summed E-state index contributed by atoms with van der Waals surface area (Å²) in [6.07, 6.45) is 12.0. The van der Waals surface area contributed by atoms with Gasteiger partial charge in [-0.25, -0.2) is 0 Å². The maximum atomic E-state index is 12.4. The molecule has 4 heteroatoms. The van der Waals surface area contributed by atoms with Crippen molar-refractivity contribution in [1.29, 1.82) is 5.26 Å². The number of hydrogen-bond donors (Lipinski definition) is 1. The zero-order chi connectivity index (χ0) is 16.7. The first-order valence-corrected chi connectivity index (χ1v) is 8.47. The van der Waals surface area contributed by atoms with Crippen molar-refractivity contribution in [3.63, 3.8) is 0 Å². The molecule has 1 aromatic carbocycles. The topological polar surface area (TPSA) is 59.9 Å². The Morgan fingerprint density at radius 3 is 2.54 bits per heavy atom. The Morgan fingerprint density at radius 2 is 1.96 bits per heavy atom. The van der Waals surface area contributed by atoms with Crippen molar-refractivity contribution in [3.8, 4) is 18.4 Å². The molecule has 1 spiro atoms. The number of benzene rings is 1. The number of hydrogen-bond acceptors (Lipinski definition) is 3. The van der Waals surface area contributed by atoms with Crippen LogP contribution < -0.4 is 10.5 Å². The molecule has 1 aromatic heterocycles. The molecule has 120 valence electrons. The Hall–Kier alpha value is -2.72. The smallest absolute Gasteiger partial charge is 0.266 e. The number of nitrogens with zero attached hydrogens (tertiary/aromatic N) is 2. The van der Waals surface area contributed by atoms with Gasteiger partial charge < -0.3 is 9.88 Å². The van der Waals surface area contributed by atoms with E-state index in [9.17, 15) is 10.1 Å². The van der Waals surface area contributed by atoms with Crippen LogP contribution in [-0.2, 0) is 0 Å². The van der Waals surface area contributed by atoms with Gasteiger partial charge in [-0.1, -0.05) is 12.3 Å².